The van der Waals surface area contributed by atoms with Crippen molar-refractivity contribution in [3.8, 4) is 11.5 Å². The van der Waals surface area contributed by atoms with Gasteiger partial charge in [0.15, 0.2) is 17.5 Å². The lowest BCUT2D eigenvalue weighted by Gasteiger charge is -2.25. The molecule has 0 saturated carbocycles. The van der Waals surface area contributed by atoms with E-state index in [-0.39, 0.29) is 24.0 Å². The van der Waals surface area contributed by atoms with E-state index < -0.39 is 0 Å². The van der Waals surface area contributed by atoms with E-state index in [9.17, 15) is 0 Å². The number of benzene rings is 1. The van der Waals surface area contributed by atoms with Crippen LogP contribution in [-0.4, -0.2) is 52.1 Å². The Morgan fingerprint density at radius 2 is 2.10 bits per heavy atom. The van der Waals surface area contributed by atoms with Crippen molar-refractivity contribution < 1.29 is 9.47 Å². The summed E-state index contributed by atoms with van der Waals surface area (Å²) in [4.78, 5) is 6.97. The second-order valence-corrected chi connectivity index (χ2v) is 7.00. The number of hydrogen-bond donors (Lipinski definition) is 1. The van der Waals surface area contributed by atoms with Crippen molar-refractivity contribution in [1.29, 1.82) is 0 Å². The fraction of sp³-hybridized carbons (Fsp3) is 0.550. The molecule has 1 aliphatic heterocycles. The first-order chi connectivity index (χ1) is 13.6. The number of aryl methyl sites for hydroxylation is 1. The molecule has 0 saturated heterocycles. The highest BCUT2D eigenvalue weighted by Gasteiger charge is 2.15. The molecule has 160 valence electrons. The van der Waals surface area contributed by atoms with Crippen LogP contribution in [0.5, 0.6) is 11.5 Å². The number of nitrogens with zero attached hydrogens (tertiary/aromatic N) is 5. The fourth-order valence-electron chi connectivity index (χ4n) is 2.99. The van der Waals surface area contributed by atoms with Crippen LogP contribution in [0.3, 0.4) is 0 Å². The first kappa shape index (κ1) is 23.2. The highest BCUT2D eigenvalue weighted by Crippen LogP contribution is 2.32. The van der Waals surface area contributed by atoms with E-state index in [1.54, 1.807) is 6.33 Å². The minimum absolute atomic E-state index is 0. The van der Waals surface area contributed by atoms with E-state index in [0.29, 0.717) is 19.4 Å². The van der Waals surface area contributed by atoms with Gasteiger partial charge in [-0.15, -0.1) is 34.2 Å². The van der Waals surface area contributed by atoms with Gasteiger partial charge in [-0.05, 0) is 31.0 Å². The van der Waals surface area contributed by atoms with Gasteiger partial charge in [0.25, 0.3) is 0 Å². The Hall–Kier alpha value is -2.04. The van der Waals surface area contributed by atoms with Crippen molar-refractivity contribution in [3.63, 3.8) is 0 Å². The quantitative estimate of drug-likeness (QED) is 0.332. The fourth-order valence-corrected chi connectivity index (χ4v) is 2.99. The highest BCUT2D eigenvalue weighted by molar-refractivity contribution is 14.0. The zero-order valence-electron chi connectivity index (χ0n) is 17.6. The highest BCUT2D eigenvalue weighted by atomic mass is 127. The molecule has 1 aromatic carbocycles. The Morgan fingerprint density at radius 3 is 2.86 bits per heavy atom. The molecule has 0 amide bonds. The molecule has 1 aromatic heterocycles. The molecule has 1 atom stereocenters. The molecular formula is C20H31IN6O2. The van der Waals surface area contributed by atoms with Crippen molar-refractivity contribution in [2.45, 2.75) is 52.7 Å². The molecule has 0 radical (unpaired) electrons. The minimum Gasteiger partial charge on any atom is -0.454 e. The Morgan fingerprint density at radius 1 is 1.31 bits per heavy atom. The summed E-state index contributed by atoms with van der Waals surface area (Å²) in [5.74, 6) is 3.48. The maximum Gasteiger partial charge on any atom is 0.231 e. The molecule has 0 spiro atoms. The summed E-state index contributed by atoms with van der Waals surface area (Å²) in [6.45, 7) is 8.86. The van der Waals surface area contributed by atoms with Crippen LogP contribution in [0.4, 0.5) is 0 Å². The first-order valence-corrected chi connectivity index (χ1v) is 9.88. The van der Waals surface area contributed by atoms with E-state index in [1.807, 2.05) is 12.1 Å². The van der Waals surface area contributed by atoms with Gasteiger partial charge in [0, 0.05) is 32.6 Å². The van der Waals surface area contributed by atoms with Gasteiger partial charge in [-0.25, -0.2) is 0 Å². The molecule has 0 bridgehead atoms. The number of nitrogens with one attached hydrogen (secondary N) is 1. The maximum atomic E-state index is 5.49. The summed E-state index contributed by atoms with van der Waals surface area (Å²) in [6, 6.07) is 6.40. The third-order valence-corrected chi connectivity index (χ3v) is 4.82. The molecule has 0 aliphatic carbocycles. The van der Waals surface area contributed by atoms with E-state index in [4.69, 9.17) is 14.5 Å². The first-order valence-electron chi connectivity index (χ1n) is 9.88. The summed E-state index contributed by atoms with van der Waals surface area (Å²) in [7, 11) is 2.05. The SMILES string of the molecule is CCc1nncn1CCN=C(NC(C)CC)N(C)Cc1ccc2c(c1)OCO2.I. The molecule has 9 heteroatoms. The molecule has 1 N–H and O–H groups in total. The molecule has 2 aromatic rings. The van der Waals surface area contributed by atoms with Crippen LogP contribution >= 0.6 is 24.0 Å². The maximum absolute atomic E-state index is 5.49. The lowest BCUT2D eigenvalue weighted by atomic mass is 10.2. The molecule has 8 nitrogen and oxygen atoms in total. The van der Waals surface area contributed by atoms with Gasteiger partial charge in [-0.1, -0.05) is 19.9 Å². The molecule has 3 rings (SSSR count). The summed E-state index contributed by atoms with van der Waals surface area (Å²) in [5, 5.41) is 11.6. The molecule has 0 fully saturated rings. The van der Waals surface area contributed by atoms with E-state index in [0.717, 1.165) is 54.8 Å². The van der Waals surface area contributed by atoms with Gasteiger partial charge in [0.1, 0.15) is 12.2 Å². The second-order valence-electron chi connectivity index (χ2n) is 7.00. The van der Waals surface area contributed by atoms with Crippen LogP contribution < -0.4 is 14.8 Å². The molecule has 2 heterocycles. The van der Waals surface area contributed by atoms with Gasteiger partial charge < -0.3 is 24.3 Å². The zero-order chi connectivity index (χ0) is 19.9. The molecule has 1 aliphatic rings. The number of halogens is 1. The topological polar surface area (TPSA) is 76.8 Å². The van der Waals surface area contributed by atoms with Crippen LogP contribution in [0.1, 0.15) is 38.6 Å². The Kier molecular flexibility index (Phi) is 8.99. The summed E-state index contributed by atoms with van der Waals surface area (Å²) >= 11 is 0. The van der Waals surface area contributed by atoms with Gasteiger partial charge >= 0.3 is 0 Å². The molecule has 1 unspecified atom stereocenters. The van der Waals surface area contributed by atoms with Crippen molar-refractivity contribution in [3.05, 3.63) is 35.9 Å². The van der Waals surface area contributed by atoms with E-state index in [1.165, 1.54) is 0 Å². The minimum atomic E-state index is 0. The average Bonchev–Trinajstić information content (AvgIpc) is 3.35. The normalized spacial score (nSPS) is 13.7. The van der Waals surface area contributed by atoms with Gasteiger partial charge in [0.2, 0.25) is 6.79 Å². The van der Waals surface area contributed by atoms with Gasteiger partial charge in [-0.3, -0.25) is 4.99 Å². The number of fused-ring (bicyclic) bond motifs is 1. The average molecular weight is 514 g/mol. The second kappa shape index (κ2) is 11.2. The van der Waals surface area contributed by atoms with Crippen LogP contribution in [0.25, 0.3) is 0 Å². The number of aliphatic imine (C=N–C) groups is 1. The Labute approximate surface area is 189 Å². The largest absolute Gasteiger partial charge is 0.454 e. The predicted molar refractivity (Wildman–Crippen MR) is 124 cm³/mol. The smallest absolute Gasteiger partial charge is 0.231 e. The number of aromatic nitrogens is 3. The lowest BCUT2D eigenvalue weighted by Crippen LogP contribution is -2.43. The number of hydrogen-bond acceptors (Lipinski definition) is 5. The van der Waals surface area contributed by atoms with Crippen molar-refractivity contribution >= 4 is 29.9 Å². The van der Waals surface area contributed by atoms with Crippen LogP contribution in [-0.2, 0) is 19.5 Å². The zero-order valence-corrected chi connectivity index (χ0v) is 19.9. The van der Waals surface area contributed by atoms with Crippen LogP contribution in [0.2, 0.25) is 0 Å². The van der Waals surface area contributed by atoms with Crippen LogP contribution in [0.15, 0.2) is 29.5 Å². The summed E-state index contributed by atoms with van der Waals surface area (Å²) in [5.41, 5.74) is 1.15. The number of guanidine groups is 1. The van der Waals surface area contributed by atoms with E-state index >= 15 is 0 Å². The number of ether oxygens (including phenoxy) is 2. The number of rotatable bonds is 8. The van der Waals surface area contributed by atoms with Crippen molar-refractivity contribution in [2.24, 2.45) is 4.99 Å². The predicted octanol–water partition coefficient (Wildman–Crippen LogP) is 3.06. The van der Waals surface area contributed by atoms with Crippen molar-refractivity contribution in [2.75, 3.05) is 20.4 Å². The Balaban J connectivity index is 0.00000300. The van der Waals surface area contributed by atoms with Crippen LogP contribution in [0, 0.1) is 0 Å². The third kappa shape index (κ3) is 6.22. The monoisotopic (exact) mass is 514 g/mol. The lowest BCUT2D eigenvalue weighted by molar-refractivity contribution is 0.174. The molecular weight excluding hydrogens is 483 g/mol. The third-order valence-electron chi connectivity index (χ3n) is 4.82. The Bertz CT molecular complexity index is 810. The summed E-state index contributed by atoms with van der Waals surface area (Å²) < 4.78 is 12.9. The van der Waals surface area contributed by atoms with Gasteiger partial charge in [-0.2, -0.15) is 0 Å². The van der Waals surface area contributed by atoms with Crippen molar-refractivity contribution in [1.82, 2.24) is 25.0 Å². The summed E-state index contributed by atoms with van der Waals surface area (Å²) in [6.07, 6.45) is 3.67. The standard InChI is InChI=1S/C20H30N6O2.HI/c1-5-15(3)23-20(21-9-10-26-13-22-24-19(26)6-2)25(4)12-16-7-8-17-18(11-16)28-14-27-17;/h7-8,11,13,15H,5-6,9-10,12,14H2,1-4H3,(H,21,23);1H. The molecule has 29 heavy (non-hydrogen) atoms. The van der Waals surface area contributed by atoms with Gasteiger partial charge in [0.05, 0.1) is 6.54 Å². The van der Waals surface area contributed by atoms with E-state index in [2.05, 4.69) is 58.9 Å².